The number of nitro benzene ring substituents is 1. The number of non-ortho nitro benzene ring substituents is 1. The molecule has 1 aromatic carbocycles. The van der Waals surface area contributed by atoms with Crippen LogP contribution in [0.4, 0.5) is 5.69 Å². The molecule has 0 amide bonds. The number of Topliss-reactive ketones (excluding diaryl/α,β-unsaturated/α-hetero) is 1. The number of rotatable bonds is 3. The Labute approximate surface area is 123 Å². The van der Waals surface area contributed by atoms with Crippen LogP contribution in [0, 0.1) is 32.3 Å². The van der Waals surface area contributed by atoms with Gasteiger partial charge in [-0.15, -0.1) is 0 Å². The fourth-order valence-electron chi connectivity index (χ4n) is 3.11. The average Bonchev–Trinajstić information content (AvgIpc) is 2.44. The van der Waals surface area contributed by atoms with Crippen LogP contribution in [0.5, 0.6) is 0 Å². The van der Waals surface area contributed by atoms with Crippen LogP contribution in [0.1, 0.15) is 38.7 Å². The maximum Gasteiger partial charge on any atom is 0.269 e. The fourth-order valence-corrected chi connectivity index (χ4v) is 3.11. The van der Waals surface area contributed by atoms with Crippen molar-refractivity contribution in [1.82, 2.24) is 0 Å². The van der Waals surface area contributed by atoms with Crippen molar-refractivity contribution in [3.63, 3.8) is 0 Å². The molecule has 5 heteroatoms. The van der Waals surface area contributed by atoms with Crippen LogP contribution >= 0.6 is 0 Å². The number of hydrogen-bond acceptors (Lipinski definition) is 4. The molecule has 0 spiro atoms. The summed E-state index contributed by atoms with van der Waals surface area (Å²) in [5.74, 6) is -0.0119. The number of carbonyl (C=O) groups is 1. The first kappa shape index (κ1) is 15.2. The van der Waals surface area contributed by atoms with Crippen LogP contribution in [0.3, 0.4) is 0 Å². The summed E-state index contributed by atoms with van der Waals surface area (Å²) in [6.07, 6.45) is 2.53. The molecule has 0 radical (unpaired) electrons. The van der Waals surface area contributed by atoms with Crippen LogP contribution in [-0.2, 0) is 11.2 Å². The van der Waals surface area contributed by atoms with Crippen molar-refractivity contribution in [2.45, 2.75) is 39.5 Å². The van der Waals surface area contributed by atoms with Crippen LogP contribution in [0.2, 0.25) is 0 Å². The lowest BCUT2D eigenvalue weighted by Gasteiger charge is -2.39. The molecule has 1 aliphatic rings. The summed E-state index contributed by atoms with van der Waals surface area (Å²) in [6.45, 7) is 3.77. The Morgan fingerprint density at radius 1 is 1.29 bits per heavy atom. The van der Waals surface area contributed by atoms with Crippen LogP contribution in [0.15, 0.2) is 24.3 Å². The van der Waals surface area contributed by atoms with Gasteiger partial charge >= 0.3 is 0 Å². The number of nitrogens with zero attached hydrogens (tertiary/aromatic N) is 2. The monoisotopic (exact) mass is 286 g/mol. The largest absolute Gasteiger partial charge is 0.297 e. The Hall–Kier alpha value is -2.22. The molecule has 1 saturated carbocycles. The molecule has 0 heterocycles. The van der Waals surface area contributed by atoms with Gasteiger partial charge in [-0.2, -0.15) is 5.26 Å². The van der Waals surface area contributed by atoms with Gasteiger partial charge in [0.15, 0.2) is 5.78 Å². The number of nitro groups is 1. The molecule has 21 heavy (non-hydrogen) atoms. The maximum absolute atomic E-state index is 12.6. The zero-order valence-electron chi connectivity index (χ0n) is 12.3. The van der Waals surface area contributed by atoms with Gasteiger partial charge < -0.3 is 0 Å². The van der Waals surface area contributed by atoms with Gasteiger partial charge in [-0.05, 0) is 24.8 Å². The second kappa shape index (κ2) is 5.28. The van der Waals surface area contributed by atoms with Crippen LogP contribution in [0.25, 0.3) is 0 Å². The Morgan fingerprint density at radius 3 is 2.43 bits per heavy atom. The van der Waals surface area contributed by atoms with Gasteiger partial charge in [-0.1, -0.05) is 32.4 Å². The first-order valence-electron chi connectivity index (χ1n) is 7.00. The van der Waals surface area contributed by atoms with E-state index in [4.69, 9.17) is 0 Å². The molecule has 0 aliphatic heterocycles. The first-order valence-corrected chi connectivity index (χ1v) is 7.00. The standard InChI is InChI=1S/C16H18N2O3/c1-15(2)8-3-9-16(11-17,14(15)19)10-12-4-6-13(7-5-12)18(20)21/h4-7H,3,8-10H2,1-2H3. The van der Waals surface area contributed by atoms with E-state index in [0.29, 0.717) is 12.8 Å². The highest BCUT2D eigenvalue weighted by molar-refractivity contribution is 5.93. The zero-order chi connectivity index (χ0) is 15.7. The topological polar surface area (TPSA) is 84.0 Å². The molecule has 0 aromatic heterocycles. The Morgan fingerprint density at radius 2 is 1.90 bits per heavy atom. The van der Waals surface area contributed by atoms with Crippen molar-refractivity contribution in [2.75, 3.05) is 0 Å². The zero-order valence-corrected chi connectivity index (χ0v) is 12.3. The minimum atomic E-state index is -1.00. The molecule has 5 nitrogen and oxygen atoms in total. The van der Waals surface area contributed by atoms with E-state index in [9.17, 15) is 20.2 Å². The molecule has 1 aliphatic carbocycles. The van der Waals surface area contributed by atoms with E-state index in [1.807, 2.05) is 13.8 Å². The summed E-state index contributed by atoms with van der Waals surface area (Å²) in [5.41, 5.74) is -0.680. The molecular weight excluding hydrogens is 268 g/mol. The van der Waals surface area contributed by atoms with Gasteiger partial charge in [0.05, 0.1) is 11.0 Å². The van der Waals surface area contributed by atoms with Crippen LogP contribution < -0.4 is 0 Å². The van der Waals surface area contributed by atoms with Crippen molar-refractivity contribution in [3.8, 4) is 6.07 Å². The van der Waals surface area contributed by atoms with E-state index in [1.54, 1.807) is 12.1 Å². The van der Waals surface area contributed by atoms with E-state index in [1.165, 1.54) is 12.1 Å². The van der Waals surface area contributed by atoms with E-state index in [0.717, 1.165) is 18.4 Å². The SMILES string of the molecule is CC1(C)CCCC(C#N)(Cc2ccc([N+](=O)[O-])cc2)C1=O. The molecule has 1 atom stereocenters. The van der Waals surface area contributed by atoms with Gasteiger partial charge in [0, 0.05) is 17.5 Å². The summed E-state index contributed by atoms with van der Waals surface area (Å²) in [6, 6.07) is 8.32. The minimum absolute atomic E-state index is 0.0119. The molecule has 1 aromatic rings. The molecule has 0 saturated heterocycles. The van der Waals surface area contributed by atoms with Crippen molar-refractivity contribution in [3.05, 3.63) is 39.9 Å². The Balaban J connectivity index is 2.28. The lowest BCUT2D eigenvalue weighted by Crippen LogP contribution is -2.45. The predicted molar refractivity (Wildman–Crippen MR) is 77.5 cm³/mol. The minimum Gasteiger partial charge on any atom is -0.297 e. The molecule has 1 fully saturated rings. The van der Waals surface area contributed by atoms with E-state index < -0.39 is 15.8 Å². The third-order valence-electron chi connectivity index (χ3n) is 4.32. The lowest BCUT2D eigenvalue weighted by molar-refractivity contribution is -0.384. The van der Waals surface area contributed by atoms with Crippen molar-refractivity contribution in [1.29, 1.82) is 5.26 Å². The molecular formula is C16H18N2O3. The second-order valence-corrected chi connectivity index (χ2v) is 6.36. The number of hydrogen-bond donors (Lipinski definition) is 0. The smallest absolute Gasteiger partial charge is 0.269 e. The summed E-state index contributed by atoms with van der Waals surface area (Å²) in [7, 11) is 0. The van der Waals surface area contributed by atoms with Gasteiger partial charge in [0.25, 0.3) is 5.69 Å². The van der Waals surface area contributed by atoms with Crippen LogP contribution in [-0.4, -0.2) is 10.7 Å². The molecule has 1 unspecified atom stereocenters. The quantitative estimate of drug-likeness (QED) is 0.629. The number of benzene rings is 1. The lowest BCUT2D eigenvalue weighted by atomic mass is 9.61. The van der Waals surface area contributed by atoms with Crippen molar-refractivity contribution < 1.29 is 9.72 Å². The summed E-state index contributed by atoms with van der Waals surface area (Å²) in [5, 5.41) is 20.2. The number of ketones is 1. The van der Waals surface area contributed by atoms with Crippen molar-refractivity contribution in [2.24, 2.45) is 10.8 Å². The molecule has 2 rings (SSSR count). The highest BCUT2D eigenvalue weighted by Gasteiger charge is 2.48. The third kappa shape index (κ3) is 2.80. The Bertz CT molecular complexity index is 613. The highest BCUT2D eigenvalue weighted by atomic mass is 16.6. The second-order valence-electron chi connectivity index (χ2n) is 6.36. The summed E-state index contributed by atoms with van der Waals surface area (Å²) in [4.78, 5) is 22.8. The first-order chi connectivity index (χ1) is 9.81. The summed E-state index contributed by atoms with van der Waals surface area (Å²) < 4.78 is 0. The number of carbonyl (C=O) groups excluding carboxylic acids is 1. The molecule has 110 valence electrons. The van der Waals surface area contributed by atoms with Crippen molar-refractivity contribution >= 4 is 11.5 Å². The molecule has 0 bridgehead atoms. The predicted octanol–water partition coefficient (Wildman–Crippen LogP) is 3.43. The fraction of sp³-hybridized carbons (Fsp3) is 0.500. The summed E-state index contributed by atoms with van der Waals surface area (Å²) >= 11 is 0. The normalized spacial score (nSPS) is 24.3. The van der Waals surface area contributed by atoms with E-state index >= 15 is 0 Å². The van der Waals surface area contributed by atoms with Gasteiger partial charge in [0.2, 0.25) is 0 Å². The average molecular weight is 286 g/mol. The van der Waals surface area contributed by atoms with E-state index in [-0.39, 0.29) is 11.5 Å². The molecule has 0 N–H and O–H groups in total. The number of nitriles is 1. The maximum atomic E-state index is 12.6. The Kier molecular flexibility index (Phi) is 3.82. The van der Waals surface area contributed by atoms with Gasteiger partial charge in [0.1, 0.15) is 5.41 Å². The van der Waals surface area contributed by atoms with Gasteiger partial charge in [-0.25, -0.2) is 0 Å². The third-order valence-corrected chi connectivity index (χ3v) is 4.32. The highest BCUT2D eigenvalue weighted by Crippen LogP contribution is 2.44. The van der Waals surface area contributed by atoms with Gasteiger partial charge in [-0.3, -0.25) is 14.9 Å². The van der Waals surface area contributed by atoms with E-state index in [2.05, 4.69) is 6.07 Å².